The molecule has 7 heteroatoms. The van der Waals surface area contributed by atoms with Gasteiger partial charge in [0.05, 0.1) is 28.5 Å². The van der Waals surface area contributed by atoms with E-state index < -0.39 is 0 Å². The molecule has 1 aliphatic rings. The molecule has 0 fully saturated rings. The molecule has 1 aromatic carbocycles. The zero-order valence-corrected chi connectivity index (χ0v) is 14.1. The summed E-state index contributed by atoms with van der Waals surface area (Å²) in [7, 11) is 1.88. The summed E-state index contributed by atoms with van der Waals surface area (Å²) in [5, 5.41) is 10.4. The van der Waals surface area contributed by atoms with Gasteiger partial charge in [-0.15, -0.1) is 0 Å². The molecule has 3 heterocycles. The minimum absolute atomic E-state index is 0.00131. The Hall–Kier alpha value is -3.09. The molecular formula is C18H18N6O. The van der Waals surface area contributed by atoms with Crippen LogP contribution in [0.15, 0.2) is 48.0 Å². The highest BCUT2D eigenvalue weighted by Gasteiger charge is 2.33. The summed E-state index contributed by atoms with van der Waals surface area (Å²) >= 11 is 0. The van der Waals surface area contributed by atoms with Crippen molar-refractivity contribution < 1.29 is 4.79 Å². The molecule has 0 radical (unpaired) electrons. The Labute approximate surface area is 145 Å². The summed E-state index contributed by atoms with van der Waals surface area (Å²) in [5.41, 5.74) is 4.46. The molecule has 1 atom stereocenters. The first kappa shape index (κ1) is 15.4. The maximum atomic E-state index is 12.4. The summed E-state index contributed by atoms with van der Waals surface area (Å²) in [6, 6.07) is 7.71. The van der Waals surface area contributed by atoms with Crippen molar-refractivity contribution in [2.75, 3.05) is 0 Å². The Kier molecular flexibility index (Phi) is 3.76. The lowest BCUT2D eigenvalue weighted by Gasteiger charge is -2.21. The molecular weight excluding hydrogens is 316 g/mol. The second-order valence-electron chi connectivity index (χ2n) is 6.00. The number of hydrogen-bond donors (Lipinski definition) is 0. The van der Waals surface area contributed by atoms with Gasteiger partial charge in [0.1, 0.15) is 0 Å². The van der Waals surface area contributed by atoms with Crippen LogP contribution in [0.25, 0.3) is 11.0 Å². The van der Waals surface area contributed by atoms with Gasteiger partial charge in [0.25, 0.3) is 0 Å². The summed E-state index contributed by atoms with van der Waals surface area (Å²) in [4.78, 5) is 21.1. The van der Waals surface area contributed by atoms with E-state index in [0.29, 0.717) is 12.8 Å². The van der Waals surface area contributed by atoms with Gasteiger partial charge in [0.2, 0.25) is 5.91 Å². The first-order valence-electron chi connectivity index (χ1n) is 8.26. The minimum Gasteiger partial charge on any atom is -0.273 e. The molecule has 0 bridgehead atoms. The van der Waals surface area contributed by atoms with Crippen molar-refractivity contribution in [3.05, 3.63) is 54.1 Å². The van der Waals surface area contributed by atoms with E-state index in [2.05, 4.69) is 20.2 Å². The van der Waals surface area contributed by atoms with E-state index in [-0.39, 0.29) is 11.9 Å². The highest BCUT2D eigenvalue weighted by molar-refractivity contribution is 6.02. The van der Waals surface area contributed by atoms with Gasteiger partial charge in [-0.05, 0) is 23.8 Å². The molecule has 1 amide bonds. The van der Waals surface area contributed by atoms with Gasteiger partial charge in [-0.25, -0.2) is 5.01 Å². The van der Waals surface area contributed by atoms with Gasteiger partial charge in [-0.3, -0.25) is 19.4 Å². The molecule has 2 aromatic heterocycles. The predicted octanol–water partition coefficient (Wildman–Crippen LogP) is 2.45. The Morgan fingerprint density at radius 2 is 1.96 bits per heavy atom. The van der Waals surface area contributed by atoms with E-state index in [1.807, 2.05) is 38.2 Å². The third-order valence-corrected chi connectivity index (χ3v) is 4.46. The summed E-state index contributed by atoms with van der Waals surface area (Å²) < 4.78 is 1.78. The predicted molar refractivity (Wildman–Crippen MR) is 93.8 cm³/mol. The fraction of sp³-hybridized carbons (Fsp3) is 0.278. The third-order valence-electron chi connectivity index (χ3n) is 4.46. The molecule has 0 saturated carbocycles. The third kappa shape index (κ3) is 2.67. The maximum absolute atomic E-state index is 12.4. The number of rotatable bonds is 3. The SMILES string of the molecule is CCC(=O)N1N=C(c2ccnn2C)C[C@H]1c1ccc2nccnc2c1. The van der Waals surface area contributed by atoms with Crippen molar-refractivity contribution in [2.24, 2.45) is 12.1 Å². The van der Waals surface area contributed by atoms with Crippen LogP contribution in [0, 0.1) is 0 Å². The fourth-order valence-corrected chi connectivity index (χ4v) is 3.16. The quantitative estimate of drug-likeness (QED) is 0.737. The van der Waals surface area contributed by atoms with Crippen LogP contribution in [-0.4, -0.2) is 36.4 Å². The number of aryl methyl sites for hydroxylation is 1. The van der Waals surface area contributed by atoms with Crippen LogP contribution >= 0.6 is 0 Å². The minimum atomic E-state index is -0.135. The molecule has 0 saturated heterocycles. The molecule has 0 spiro atoms. The number of aromatic nitrogens is 4. The summed E-state index contributed by atoms with van der Waals surface area (Å²) in [6.07, 6.45) is 6.15. The standard InChI is InChI=1S/C18H18N6O/c1-3-18(25)24-17(11-15(22-24)16-6-7-21-23(16)2)12-4-5-13-14(10-12)20-9-8-19-13/h4-10,17H,3,11H2,1-2H3/t17-/m0/s1. The van der Waals surface area contributed by atoms with Crippen LogP contribution in [0.2, 0.25) is 0 Å². The molecule has 0 aliphatic carbocycles. The van der Waals surface area contributed by atoms with Gasteiger partial charge < -0.3 is 0 Å². The van der Waals surface area contributed by atoms with Crippen molar-refractivity contribution in [3.63, 3.8) is 0 Å². The van der Waals surface area contributed by atoms with Crippen LogP contribution in [0.5, 0.6) is 0 Å². The number of amides is 1. The zero-order valence-electron chi connectivity index (χ0n) is 14.1. The monoisotopic (exact) mass is 334 g/mol. The molecule has 3 aromatic rings. The number of hydrogen-bond acceptors (Lipinski definition) is 5. The largest absolute Gasteiger partial charge is 0.273 e. The normalized spacial score (nSPS) is 17.1. The number of carbonyl (C=O) groups is 1. The highest BCUT2D eigenvalue weighted by Crippen LogP contribution is 2.34. The molecule has 126 valence electrons. The van der Waals surface area contributed by atoms with E-state index >= 15 is 0 Å². The Morgan fingerprint density at radius 3 is 2.68 bits per heavy atom. The average molecular weight is 334 g/mol. The summed E-state index contributed by atoms with van der Waals surface area (Å²) in [5.74, 6) is 0.00131. The van der Waals surface area contributed by atoms with E-state index in [0.717, 1.165) is 28.0 Å². The van der Waals surface area contributed by atoms with Gasteiger partial charge in [-0.1, -0.05) is 13.0 Å². The smallest absolute Gasteiger partial charge is 0.242 e. The van der Waals surface area contributed by atoms with Crippen molar-refractivity contribution in [1.29, 1.82) is 0 Å². The van der Waals surface area contributed by atoms with Crippen LogP contribution in [-0.2, 0) is 11.8 Å². The van der Waals surface area contributed by atoms with Crippen molar-refractivity contribution in [2.45, 2.75) is 25.8 Å². The Balaban J connectivity index is 1.74. The highest BCUT2D eigenvalue weighted by atomic mass is 16.2. The lowest BCUT2D eigenvalue weighted by molar-refractivity contribution is -0.132. The van der Waals surface area contributed by atoms with E-state index in [1.54, 1.807) is 28.3 Å². The number of carbonyl (C=O) groups excluding carboxylic acids is 1. The van der Waals surface area contributed by atoms with E-state index in [1.165, 1.54) is 0 Å². The second kappa shape index (κ2) is 6.08. The van der Waals surface area contributed by atoms with Crippen LogP contribution in [0.1, 0.15) is 37.1 Å². The average Bonchev–Trinajstić information content (AvgIpc) is 3.26. The number of fused-ring (bicyclic) bond motifs is 1. The van der Waals surface area contributed by atoms with Gasteiger partial charge in [-0.2, -0.15) is 10.2 Å². The molecule has 0 N–H and O–H groups in total. The fourth-order valence-electron chi connectivity index (χ4n) is 3.16. The van der Waals surface area contributed by atoms with Crippen LogP contribution in [0.4, 0.5) is 0 Å². The van der Waals surface area contributed by atoms with Gasteiger partial charge in [0.15, 0.2) is 0 Å². The maximum Gasteiger partial charge on any atom is 0.242 e. The Bertz CT molecular complexity index is 976. The van der Waals surface area contributed by atoms with Crippen molar-refractivity contribution >= 4 is 22.7 Å². The van der Waals surface area contributed by atoms with E-state index in [9.17, 15) is 4.79 Å². The lowest BCUT2D eigenvalue weighted by Crippen LogP contribution is -2.26. The molecule has 25 heavy (non-hydrogen) atoms. The van der Waals surface area contributed by atoms with Crippen LogP contribution in [0.3, 0.4) is 0 Å². The zero-order chi connectivity index (χ0) is 17.4. The lowest BCUT2D eigenvalue weighted by atomic mass is 10.00. The number of nitrogens with zero attached hydrogens (tertiary/aromatic N) is 6. The molecule has 0 unspecified atom stereocenters. The number of benzene rings is 1. The van der Waals surface area contributed by atoms with Gasteiger partial charge >= 0.3 is 0 Å². The molecule has 4 rings (SSSR count). The first-order chi connectivity index (χ1) is 12.2. The van der Waals surface area contributed by atoms with Gasteiger partial charge in [0, 0.05) is 38.5 Å². The summed E-state index contributed by atoms with van der Waals surface area (Å²) in [6.45, 7) is 1.85. The molecule has 7 nitrogen and oxygen atoms in total. The van der Waals surface area contributed by atoms with Crippen LogP contribution < -0.4 is 0 Å². The van der Waals surface area contributed by atoms with E-state index in [4.69, 9.17) is 0 Å². The number of hydrazone groups is 1. The Morgan fingerprint density at radius 1 is 1.16 bits per heavy atom. The molecule has 1 aliphatic heterocycles. The topological polar surface area (TPSA) is 76.3 Å². The first-order valence-corrected chi connectivity index (χ1v) is 8.26. The second-order valence-corrected chi connectivity index (χ2v) is 6.00. The van der Waals surface area contributed by atoms with Crippen molar-refractivity contribution in [3.8, 4) is 0 Å². The van der Waals surface area contributed by atoms with Crippen molar-refractivity contribution in [1.82, 2.24) is 24.8 Å².